The molecule has 1 heterocycles. The second kappa shape index (κ2) is 5.50. The van der Waals surface area contributed by atoms with Crippen LogP contribution in [0.25, 0.3) is 0 Å². The van der Waals surface area contributed by atoms with Crippen LogP contribution in [0, 0.1) is 5.41 Å². The Morgan fingerprint density at radius 1 is 1.05 bits per heavy atom. The Bertz CT molecular complexity index is 438. The van der Waals surface area contributed by atoms with E-state index in [9.17, 15) is 5.11 Å². The Balaban J connectivity index is 2.32. The average molecular weight is 275 g/mol. The molecule has 0 spiro atoms. The van der Waals surface area contributed by atoms with E-state index in [2.05, 4.69) is 63.3 Å². The monoisotopic (exact) mass is 275 g/mol. The van der Waals surface area contributed by atoms with E-state index in [1.54, 1.807) is 0 Å². The second-order valence-electron chi connectivity index (χ2n) is 7.59. The van der Waals surface area contributed by atoms with Gasteiger partial charge in [-0.1, -0.05) is 36.8 Å². The minimum atomic E-state index is -0.0951. The molecule has 1 aliphatic heterocycles. The predicted octanol–water partition coefficient (Wildman–Crippen LogP) is 3.54. The summed E-state index contributed by atoms with van der Waals surface area (Å²) < 4.78 is 0. The van der Waals surface area contributed by atoms with Crippen molar-refractivity contribution < 1.29 is 5.11 Å². The maximum Gasteiger partial charge on any atom is 0.0508 e. The summed E-state index contributed by atoms with van der Waals surface area (Å²) in [5.41, 5.74) is 1.27. The second-order valence-corrected chi connectivity index (χ2v) is 7.59. The van der Waals surface area contributed by atoms with Gasteiger partial charge in [-0.15, -0.1) is 0 Å². The van der Waals surface area contributed by atoms with Gasteiger partial charge in [-0.25, -0.2) is 0 Å². The zero-order chi connectivity index (χ0) is 14.9. The summed E-state index contributed by atoms with van der Waals surface area (Å²) in [5, 5.41) is 14.0. The van der Waals surface area contributed by atoms with Crippen molar-refractivity contribution in [2.75, 3.05) is 6.61 Å². The highest BCUT2D eigenvalue weighted by molar-refractivity contribution is 5.19. The number of nitrogens with one attached hydrogen (secondary N) is 1. The van der Waals surface area contributed by atoms with E-state index in [0.29, 0.717) is 0 Å². The first-order valence-corrected chi connectivity index (χ1v) is 7.74. The van der Waals surface area contributed by atoms with Gasteiger partial charge >= 0.3 is 0 Å². The largest absolute Gasteiger partial charge is 0.396 e. The van der Waals surface area contributed by atoms with Crippen LogP contribution in [0.4, 0.5) is 0 Å². The molecule has 0 bridgehead atoms. The standard InChI is InChI=1S/C18H29NO/c1-16(2)11-8-12-18(14-20,17(3,4)19-16)13-15-9-6-5-7-10-15/h5-7,9-10,19-20H,8,11-14H2,1-4H3. The molecule has 0 amide bonds. The van der Waals surface area contributed by atoms with Crippen molar-refractivity contribution in [1.29, 1.82) is 0 Å². The van der Waals surface area contributed by atoms with E-state index in [-0.39, 0.29) is 23.1 Å². The third-order valence-corrected chi connectivity index (χ3v) is 5.12. The van der Waals surface area contributed by atoms with Crippen LogP contribution < -0.4 is 5.32 Å². The van der Waals surface area contributed by atoms with Crippen molar-refractivity contribution in [2.24, 2.45) is 5.41 Å². The van der Waals surface area contributed by atoms with Crippen LogP contribution >= 0.6 is 0 Å². The van der Waals surface area contributed by atoms with Gasteiger partial charge in [0.15, 0.2) is 0 Å². The van der Waals surface area contributed by atoms with Gasteiger partial charge in [0, 0.05) is 16.5 Å². The van der Waals surface area contributed by atoms with Crippen molar-refractivity contribution in [3.8, 4) is 0 Å². The number of hydrogen-bond donors (Lipinski definition) is 2. The predicted molar refractivity (Wildman–Crippen MR) is 84.8 cm³/mol. The van der Waals surface area contributed by atoms with E-state index in [4.69, 9.17) is 0 Å². The molecule has 1 aromatic carbocycles. The van der Waals surface area contributed by atoms with Gasteiger partial charge in [0.2, 0.25) is 0 Å². The Labute approximate surface area is 123 Å². The van der Waals surface area contributed by atoms with Crippen molar-refractivity contribution in [3.63, 3.8) is 0 Å². The molecule has 1 fully saturated rings. The summed E-state index contributed by atoms with van der Waals surface area (Å²) in [6, 6.07) is 10.6. The van der Waals surface area contributed by atoms with Crippen LogP contribution in [-0.4, -0.2) is 22.8 Å². The lowest BCUT2D eigenvalue weighted by Gasteiger charge is -2.48. The number of benzene rings is 1. The smallest absolute Gasteiger partial charge is 0.0508 e. The quantitative estimate of drug-likeness (QED) is 0.884. The third-order valence-electron chi connectivity index (χ3n) is 5.12. The van der Waals surface area contributed by atoms with Gasteiger partial charge in [-0.3, -0.25) is 0 Å². The molecule has 0 aliphatic carbocycles. The molecule has 2 heteroatoms. The highest BCUT2D eigenvalue weighted by atomic mass is 16.3. The lowest BCUT2D eigenvalue weighted by Crippen LogP contribution is -2.61. The molecule has 0 radical (unpaired) electrons. The molecule has 1 atom stereocenters. The summed E-state index contributed by atoms with van der Waals surface area (Å²) in [6.07, 6.45) is 4.33. The highest BCUT2D eigenvalue weighted by Gasteiger charge is 2.48. The first kappa shape index (κ1) is 15.5. The fraction of sp³-hybridized carbons (Fsp3) is 0.667. The number of aliphatic hydroxyl groups is 1. The SMILES string of the molecule is CC1(C)CCCC(CO)(Cc2ccccc2)C(C)(C)N1. The summed E-state index contributed by atoms with van der Waals surface area (Å²) in [4.78, 5) is 0. The van der Waals surface area contributed by atoms with Gasteiger partial charge in [0.25, 0.3) is 0 Å². The molecule has 1 aromatic rings. The zero-order valence-electron chi connectivity index (χ0n) is 13.4. The van der Waals surface area contributed by atoms with Crippen LogP contribution in [-0.2, 0) is 6.42 Å². The Kier molecular flexibility index (Phi) is 4.27. The fourth-order valence-electron chi connectivity index (χ4n) is 3.85. The van der Waals surface area contributed by atoms with Crippen molar-refractivity contribution in [1.82, 2.24) is 5.32 Å². The molecule has 0 aromatic heterocycles. The zero-order valence-corrected chi connectivity index (χ0v) is 13.4. The lowest BCUT2D eigenvalue weighted by molar-refractivity contribution is 0.0257. The molecule has 20 heavy (non-hydrogen) atoms. The molecular formula is C18H29NO. The molecule has 2 nitrogen and oxygen atoms in total. The van der Waals surface area contributed by atoms with Gasteiger partial charge < -0.3 is 10.4 Å². The van der Waals surface area contributed by atoms with E-state index < -0.39 is 0 Å². The highest BCUT2D eigenvalue weighted by Crippen LogP contribution is 2.43. The van der Waals surface area contributed by atoms with Gasteiger partial charge in [0.05, 0.1) is 6.61 Å². The number of hydrogen-bond acceptors (Lipinski definition) is 2. The molecular weight excluding hydrogens is 246 g/mol. The van der Waals surface area contributed by atoms with Crippen LogP contribution in [0.2, 0.25) is 0 Å². The van der Waals surface area contributed by atoms with Gasteiger partial charge in [-0.05, 0) is 52.5 Å². The molecule has 1 saturated heterocycles. The van der Waals surface area contributed by atoms with E-state index in [1.807, 2.05) is 0 Å². The van der Waals surface area contributed by atoms with E-state index >= 15 is 0 Å². The Morgan fingerprint density at radius 2 is 1.70 bits per heavy atom. The minimum absolute atomic E-state index is 0.0857. The van der Waals surface area contributed by atoms with Crippen LogP contribution in [0.5, 0.6) is 0 Å². The molecule has 2 N–H and O–H groups in total. The van der Waals surface area contributed by atoms with Crippen LogP contribution in [0.15, 0.2) is 30.3 Å². The lowest BCUT2D eigenvalue weighted by atomic mass is 9.66. The molecule has 0 saturated carbocycles. The summed E-state index contributed by atoms with van der Waals surface area (Å²) >= 11 is 0. The molecule has 1 unspecified atom stereocenters. The maximum atomic E-state index is 10.2. The third kappa shape index (κ3) is 3.07. The maximum absolute atomic E-state index is 10.2. The Morgan fingerprint density at radius 3 is 2.30 bits per heavy atom. The molecule has 2 rings (SSSR count). The first-order chi connectivity index (χ1) is 9.30. The summed E-state index contributed by atoms with van der Waals surface area (Å²) in [6.45, 7) is 9.27. The van der Waals surface area contributed by atoms with E-state index in [0.717, 1.165) is 25.7 Å². The summed E-state index contributed by atoms with van der Waals surface area (Å²) in [7, 11) is 0. The molecule has 1 aliphatic rings. The van der Waals surface area contributed by atoms with Gasteiger partial charge in [-0.2, -0.15) is 0 Å². The summed E-state index contributed by atoms with van der Waals surface area (Å²) in [5.74, 6) is 0. The average Bonchev–Trinajstić information content (AvgIpc) is 2.45. The molecule has 112 valence electrons. The van der Waals surface area contributed by atoms with Crippen molar-refractivity contribution >= 4 is 0 Å². The minimum Gasteiger partial charge on any atom is -0.396 e. The van der Waals surface area contributed by atoms with Crippen LogP contribution in [0.3, 0.4) is 0 Å². The Hall–Kier alpha value is -0.860. The van der Waals surface area contributed by atoms with Crippen LogP contribution in [0.1, 0.15) is 52.5 Å². The van der Waals surface area contributed by atoms with Crippen molar-refractivity contribution in [3.05, 3.63) is 35.9 Å². The number of rotatable bonds is 3. The normalized spacial score (nSPS) is 28.9. The first-order valence-electron chi connectivity index (χ1n) is 7.74. The fourth-order valence-corrected chi connectivity index (χ4v) is 3.85. The van der Waals surface area contributed by atoms with E-state index in [1.165, 1.54) is 5.56 Å². The topological polar surface area (TPSA) is 32.3 Å². The number of aliphatic hydroxyl groups excluding tert-OH is 1. The van der Waals surface area contributed by atoms with Gasteiger partial charge in [0.1, 0.15) is 0 Å². The van der Waals surface area contributed by atoms with Crippen molar-refractivity contribution in [2.45, 2.75) is 64.5 Å².